The Bertz CT molecular complexity index is 797. The van der Waals surface area contributed by atoms with Crippen molar-refractivity contribution in [1.29, 1.82) is 0 Å². The Labute approximate surface area is 133 Å². The molecular formula is C9H11N2O11P2-3. The molecule has 1 unspecified atom stereocenters. The zero-order valence-corrected chi connectivity index (χ0v) is 13.5. The molecule has 1 fully saturated rings. The Morgan fingerprint density at radius 1 is 1.38 bits per heavy atom. The molecule has 0 bridgehead atoms. The highest BCUT2D eigenvalue weighted by Crippen LogP contribution is 2.50. The second-order valence-electron chi connectivity index (χ2n) is 4.72. The molecule has 1 aliphatic heterocycles. The number of aromatic amines is 1. The van der Waals surface area contributed by atoms with Crippen molar-refractivity contribution < 1.29 is 42.5 Å². The predicted octanol–water partition coefficient (Wildman–Crippen LogP) is -3.48. The SMILES string of the molecule is O=c1ccn([C@H]2C[C@H](O)[C@@H](COP(=O)([O-])OP(=O)([O-])[O-])O2)c(=O)[nH]1. The van der Waals surface area contributed by atoms with Crippen LogP contribution in [0.1, 0.15) is 12.6 Å². The Morgan fingerprint density at radius 3 is 2.62 bits per heavy atom. The monoisotopic (exact) mass is 385 g/mol. The molecule has 1 aliphatic rings. The van der Waals surface area contributed by atoms with Crippen molar-refractivity contribution in [2.24, 2.45) is 0 Å². The molecule has 0 aromatic carbocycles. The summed E-state index contributed by atoms with van der Waals surface area (Å²) >= 11 is 0. The van der Waals surface area contributed by atoms with Crippen LogP contribution < -0.4 is 25.9 Å². The average Bonchev–Trinajstić information content (AvgIpc) is 2.75. The zero-order chi connectivity index (χ0) is 18.1. The van der Waals surface area contributed by atoms with Gasteiger partial charge in [0.15, 0.2) is 0 Å². The summed E-state index contributed by atoms with van der Waals surface area (Å²) in [5.74, 6) is 0. The Morgan fingerprint density at radius 2 is 2.04 bits per heavy atom. The molecule has 13 nitrogen and oxygen atoms in total. The van der Waals surface area contributed by atoms with Crippen LogP contribution in [-0.4, -0.2) is 33.5 Å². The molecule has 0 amide bonds. The molecule has 0 aliphatic carbocycles. The van der Waals surface area contributed by atoms with Gasteiger partial charge in [-0.25, -0.2) is 4.79 Å². The van der Waals surface area contributed by atoms with Crippen molar-refractivity contribution in [3.63, 3.8) is 0 Å². The van der Waals surface area contributed by atoms with Gasteiger partial charge < -0.3 is 33.6 Å². The molecule has 1 aromatic rings. The summed E-state index contributed by atoms with van der Waals surface area (Å²) in [6.45, 7) is -0.851. The molecule has 0 saturated carbocycles. The molecule has 2 N–H and O–H groups in total. The van der Waals surface area contributed by atoms with Crippen molar-refractivity contribution in [2.75, 3.05) is 6.61 Å². The van der Waals surface area contributed by atoms with Crippen LogP contribution in [0.3, 0.4) is 0 Å². The van der Waals surface area contributed by atoms with Gasteiger partial charge in [0, 0.05) is 18.7 Å². The molecule has 4 atom stereocenters. The maximum atomic E-state index is 11.6. The average molecular weight is 385 g/mol. The van der Waals surface area contributed by atoms with Gasteiger partial charge in [0.25, 0.3) is 13.4 Å². The van der Waals surface area contributed by atoms with E-state index in [0.29, 0.717) is 0 Å². The van der Waals surface area contributed by atoms with Crippen molar-refractivity contribution >= 4 is 15.6 Å². The van der Waals surface area contributed by atoms with Gasteiger partial charge in [-0.2, -0.15) is 0 Å². The number of nitrogens with one attached hydrogen (secondary N) is 1. The second-order valence-corrected chi connectivity index (χ2v) is 7.42. The number of hydrogen-bond acceptors (Lipinski definition) is 11. The maximum Gasteiger partial charge on any atom is 0.330 e. The van der Waals surface area contributed by atoms with Gasteiger partial charge in [-0.1, -0.05) is 0 Å². The van der Waals surface area contributed by atoms with E-state index in [1.54, 1.807) is 0 Å². The molecule has 24 heavy (non-hydrogen) atoms. The lowest BCUT2D eigenvalue weighted by atomic mass is 10.2. The standard InChI is InChI=1S/C9H14N2O11P2/c12-5-3-8(11-2-1-7(13)10-9(11)14)21-6(5)4-20-24(18,19)22-23(15,16)17/h1-2,5-6,8,12H,3-4H2,(H,18,19)(H,10,13,14)(H2,15,16,17)/p-3/t5-,6+,8+/m0/s1. The third-order valence-electron chi connectivity index (χ3n) is 2.96. The van der Waals surface area contributed by atoms with Crippen LogP contribution in [0.15, 0.2) is 21.9 Å². The van der Waals surface area contributed by atoms with Crippen molar-refractivity contribution in [1.82, 2.24) is 9.55 Å². The number of phosphoric acid groups is 2. The molecule has 2 rings (SSSR count). The predicted molar refractivity (Wildman–Crippen MR) is 68.1 cm³/mol. The summed E-state index contributed by atoms with van der Waals surface area (Å²) < 4.78 is 35.0. The largest absolute Gasteiger partial charge is 0.790 e. The summed E-state index contributed by atoms with van der Waals surface area (Å²) in [5.41, 5.74) is -1.45. The van der Waals surface area contributed by atoms with E-state index >= 15 is 0 Å². The normalized spacial score (nSPS) is 27.1. The van der Waals surface area contributed by atoms with Crippen molar-refractivity contribution in [3.05, 3.63) is 33.1 Å². The van der Waals surface area contributed by atoms with Gasteiger partial charge in [-0.3, -0.25) is 23.2 Å². The fourth-order valence-corrected chi connectivity index (χ4v) is 3.50. The van der Waals surface area contributed by atoms with Crippen LogP contribution in [0.4, 0.5) is 0 Å². The van der Waals surface area contributed by atoms with Gasteiger partial charge in [0.1, 0.15) is 12.3 Å². The van der Waals surface area contributed by atoms with E-state index in [9.17, 15) is 38.5 Å². The van der Waals surface area contributed by atoms with Gasteiger partial charge in [0.2, 0.25) is 0 Å². The van der Waals surface area contributed by atoms with Crippen molar-refractivity contribution in [3.8, 4) is 0 Å². The number of aliphatic hydroxyl groups is 1. The van der Waals surface area contributed by atoms with Crippen LogP contribution in [0.25, 0.3) is 0 Å². The van der Waals surface area contributed by atoms with Crippen LogP contribution in [0.5, 0.6) is 0 Å². The maximum absolute atomic E-state index is 11.6. The lowest BCUT2D eigenvalue weighted by Crippen LogP contribution is -2.32. The smallest absolute Gasteiger partial charge is 0.330 e. The lowest BCUT2D eigenvalue weighted by Gasteiger charge is -2.35. The van der Waals surface area contributed by atoms with E-state index in [-0.39, 0.29) is 6.42 Å². The molecule has 1 aromatic heterocycles. The lowest BCUT2D eigenvalue weighted by molar-refractivity contribution is -0.339. The summed E-state index contributed by atoms with van der Waals surface area (Å²) in [7, 11) is -11.3. The van der Waals surface area contributed by atoms with E-state index in [4.69, 9.17) is 4.74 Å². The van der Waals surface area contributed by atoms with E-state index in [0.717, 1.165) is 16.8 Å². The number of nitrogens with zero attached hydrogens (tertiary/aromatic N) is 1. The van der Waals surface area contributed by atoms with E-state index in [1.165, 1.54) is 0 Å². The number of rotatable bonds is 6. The third-order valence-corrected chi connectivity index (χ3v) is 5.03. The first-order valence-electron chi connectivity index (χ1n) is 6.31. The molecule has 0 radical (unpaired) electrons. The van der Waals surface area contributed by atoms with Gasteiger partial charge in [-0.15, -0.1) is 0 Å². The first-order chi connectivity index (χ1) is 11.0. The van der Waals surface area contributed by atoms with Gasteiger partial charge in [0.05, 0.1) is 20.5 Å². The minimum atomic E-state index is -5.82. The highest BCUT2D eigenvalue weighted by Gasteiger charge is 2.36. The quantitative estimate of drug-likeness (QED) is 0.460. The van der Waals surface area contributed by atoms with Crippen LogP contribution >= 0.6 is 15.6 Å². The van der Waals surface area contributed by atoms with Crippen LogP contribution in [0, 0.1) is 0 Å². The van der Waals surface area contributed by atoms with Gasteiger partial charge in [-0.05, 0) is 0 Å². The van der Waals surface area contributed by atoms with Crippen LogP contribution in [-0.2, 0) is 22.7 Å². The second kappa shape index (κ2) is 7.00. The summed E-state index contributed by atoms with van der Waals surface area (Å²) in [6, 6.07) is 1.04. The fourth-order valence-electron chi connectivity index (χ4n) is 2.00. The van der Waals surface area contributed by atoms with E-state index in [1.807, 2.05) is 4.98 Å². The number of ether oxygens (including phenoxy) is 1. The Balaban J connectivity index is 2.01. The highest BCUT2D eigenvalue weighted by atomic mass is 31.3. The number of H-pyrrole nitrogens is 1. The zero-order valence-electron chi connectivity index (χ0n) is 11.7. The van der Waals surface area contributed by atoms with Crippen molar-refractivity contribution in [2.45, 2.75) is 24.9 Å². The molecule has 2 heterocycles. The Hall–Kier alpha value is -1.14. The third kappa shape index (κ3) is 5.18. The number of aromatic nitrogens is 2. The highest BCUT2D eigenvalue weighted by molar-refractivity contribution is 7.58. The Kier molecular flexibility index (Phi) is 5.60. The topological polar surface area (TPSA) is 206 Å². The molecule has 0 spiro atoms. The molecular weight excluding hydrogens is 374 g/mol. The first-order valence-corrected chi connectivity index (χ1v) is 9.23. The molecule has 15 heteroatoms. The van der Waals surface area contributed by atoms with E-state index < -0.39 is 51.9 Å². The molecule has 1 saturated heterocycles. The minimum absolute atomic E-state index is 0.133. The number of aliphatic hydroxyl groups excluding tert-OH is 1. The first kappa shape index (κ1) is 19.2. The summed E-state index contributed by atoms with van der Waals surface area (Å²) in [6.07, 6.45) is -2.55. The summed E-state index contributed by atoms with van der Waals surface area (Å²) in [4.78, 5) is 56.2. The minimum Gasteiger partial charge on any atom is -0.790 e. The number of phosphoric ester groups is 1. The number of hydrogen-bond donors (Lipinski definition) is 2. The van der Waals surface area contributed by atoms with Gasteiger partial charge >= 0.3 is 5.69 Å². The van der Waals surface area contributed by atoms with Crippen LogP contribution in [0.2, 0.25) is 0 Å². The fraction of sp³-hybridized carbons (Fsp3) is 0.556. The summed E-state index contributed by atoms with van der Waals surface area (Å²) in [5, 5.41) is 9.79. The molecule has 136 valence electrons. The van der Waals surface area contributed by atoms with E-state index in [2.05, 4.69) is 8.83 Å².